The van der Waals surface area contributed by atoms with Gasteiger partial charge in [-0.3, -0.25) is 4.79 Å². The third-order valence-electron chi connectivity index (χ3n) is 3.94. The maximum Gasteiger partial charge on any atom is 0.230 e. The van der Waals surface area contributed by atoms with Crippen LogP contribution in [0.25, 0.3) is 0 Å². The second kappa shape index (κ2) is 9.47. The summed E-state index contributed by atoms with van der Waals surface area (Å²) in [7, 11) is 3.49. The predicted octanol–water partition coefficient (Wildman–Crippen LogP) is 2.97. The summed E-state index contributed by atoms with van der Waals surface area (Å²) < 4.78 is 13.0. The molecule has 2 aromatic rings. The van der Waals surface area contributed by atoms with Crippen molar-refractivity contribution in [1.82, 2.24) is 20.1 Å². The number of thioether (sulfide) groups is 1. The Balaban J connectivity index is 1.97. The molecule has 2 rings (SSSR count). The second-order valence-electron chi connectivity index (χ2n) is 6.00. The molecule has 0 aliphatic heterocycles. The molecule has 0 aliphatic carbocycles. The lowest BCUT2D eigenvalue weighted by Crippen LogP contribution is -2.33. The summed E-state index contributed by atoms with van der Waals surface area (Å²) >= 11 is 1.36. The lowest BCUT2D eigenvalue weighted by atomic mass is 10.3. The molecular formula is C18H26N4O3S. The van der Waals surface area contributed by atoms with Crippen molar-refractivity contribution >= 4 is 17.7 Å². The van der Waals surface area contributed by atoms with Crippen molar-refractivity contribution in [3.8, 4) is 11.5 Å². The van der Waals surface area contributed by atoms with Crippen LogP contribution in [0.3, 0.4) is 0 Å². The highest BCUT2D eigenvalue weighted by Gasteiger charge is 2.18. The Labute approximate surface area is 158 Å². The number of hydrogen-bond acceptors (Lipinski definition) is 6. The fraction of sp³-hybridized carbons (Fsp3) is 0.500. The second-order valence-corrected chi connectivity index (χ2v) is 6.95. The van der Waals surface area contributed by atoms with Crippen LogP contribution in [0.2, 0.25) is 0 Å². The van der Waals surface area contributed by atoms with Gasteiger partial charge in [0.05, 0.1) is 12.9 Å². The van der Waals surface area contributed by atoms with Gasteiger partial charge in [-0.1, -0.05) is 24.8 Å². The number of carbonyl (C=O) groups is 1. The zero-order chi connectivity index (χ0) is 19.1. The van der Waals surface area contributed by atoms with Gasteiger partial charge in [0.1, 0.15) is 11.5 Å². The highest BCUT2D eigenvalue weighted by Crippen LogP contribution is 2.26. The van der Waals surface area contributed by atoms with E-state index in [1.807, 2.05) is 56.7 Å². The van der Waals surface area contributed by atoms with Gasteiger partial charge in [0.15, 0.2) is 17.1 Å². The molecule has 7 nitrogen and oxygen atoms in total. The van der Waals surface area contributed by atoms with Gasteiger partial charge in [0, 0.05) is 19.2 Å². The zero-order valence-corrected chi connectivity index (χ0v) is 16.7. The van der Waals surface area contributed by atoms with Crippen LogP contribution in [0.1, 0.15) is 39.1 Å². The molecule has 1 N–H and O–H groups in total. The molecule has 26 heavy (non-hydrogen) atoms. The Morgan fingerprint density at radius 2 is 2.04 bits per heavy atom. The lowest BCUT2D eigenvalue weighted by Gasteiger charge is -2.15. The maximum absolute atomic E-state index is 11.9. The molecule has 0 radical (unpaired) electrons. The summed E-state index contributed by atoms with van der Waals surface area (Å²) in [6, 6.07) is 7.59. The fourth-order valence-corrected chi connectivity index (χ4v) is 3.02. The van der Waals surface area contributed by atoms with E-state index < -0.39 is 0 Å². The van der Waals surface area contributed by atoms with E-state index >= 15 is 0 Å². The first-order chi connectivity index (χ1) is 12.4. The van der Waals surface area contributed by atoms with E-state index in [1.165, 1.54) is 11.8 Å². The van der Waals surface area contributed by atoms with E-state index in [0.29, 0.717) is 22.5 Å². The Kier molecular flexibility index (Phi) is 7.32. The third-order valence-corrected chi connectivity index (χ3v) is 4.96. The Bertz CT molecular complexity index is 735. The number of amides is 1. The van der Waals surface area contributed by atoms with Crippen molar-refractivity contribution in [2.45, 2.75) is 44.5 Å². The van der Waals surface area contributed by atoms with Gasteiger partial charge >= 0.3 is 0 Å². The van der Waals surface area contributed by atoms with Crippen LogP contribution in [0, 0.1) is 0 Å². The predicted molar refractivity (Wildman–Crippen MR) is 102 cm³/mol. The summed E-state index contributed by atoms with van der Waals surface area (Å²) in [6.45, 7) is 5.94. The number of nitrogens with zero attached hydrogens (tertiary/aromatic N) is 3. The zero-order valence-electron chi connectivity index (χ0n) is 15.9. The van der Waals surface area contributed by atoms with Crippen molar-refractivity contribution in [3.63, 3.8) is 0 Å². The first-order valence-electron chi connectivity index (χ1n) is 8.56. The first kappa shape index (κ1) is 20.1. The third kappa shape index (κ3) is 5.39. The van der Waals surface area contributed by atoms with Gasteiger partial charge in [-0.25, -0.2) is 0 Å². The molecule has 0 bridgehead atoms. The highest BCUT2D eigenvalue weighted by molar-refractivity contribution is 7.99. The van der Waals surface area contributed by atoms with E-state index in [-0.39, 0.29) is 18.1 Å². The van der Waals surface area contributed by atoms with E-state index in [9.17, 15) is 4.79 Å². The molecule has 0 saturated heterocycles. The molecule has 2 unspecified atom stereocenters. The summed E-state index contributed by atoms with van der Waals surface area (Å²) in [5, 5.41) is 12.0. The number of hydrogen-bond donors (Lipinski definition) is 1. The van der Waals surface area contributed by atoms with Crippen molar-refractivity contribution < 1.29 is 14.3 Å². The van der Waals surface area contributed by atoms with E-state index in [0.717, 1.165) is 12.2 Å². The number of aromatic nitrogens is 3. The van der Waals surface area contributed by atoms with E-state index in [4.69, 9.17) is 9.47 Å². The minimum absolute atomic E-state index is 0.00502. The topological polar surface area (TPSA) is 78.3 Å². The van der Waals surface area contributed by atoms with Gasteiger partial charge in [-0.05, 0) is 32.4 Å². The molecule has 8 heteroatoms. The highest BCUT2D eigenvalue weighted by atomic mass is 32.2. The summed E-state index contributed by atoms with van der Waals surface area (Å²) in [6.07, 6.45) is 0.617. The van der Waals surface area contributed by atoms with Gasteiger partial charge in [0.25, 0.3) is 0 Å². The lowest BCUT2D eigenvalue weighted by molar-refractivity contribution is -0.119. The van der Waals surface area contributed by atoms with Crippen molar-refractivity contribution in [2.24, 2.45) is 7.05 Å². The summed E-state index contributed by atoms with van der Waals surface area (Å²) in [4.78, 5) is 11.9. The smallest absolute Gasteiger partial charge is 0.230 e. The molecule has 1 heterocycles. The standard InChI is InChI=1S/C18H26N4O3S/c1-6-12(2)19-16(23)11-26-18-21-20-17(22(18)4)13(3)25-15-9-7-8-14(10-15)24-5/h7-10,12-13H,6,11H2,1-5H3,(H,19,23). The molecule has 2 atom stereocenters. The quantitative estimate of drug-likeness (QED) is 0.676. The van der Waals surface area contributed by atoms with Crippen LogP contribution in [-0.4, -0.2) is 39.6 Å². The summed E-state index contributed by atoms with van der Waals surface area (Å²) in [5.41, 5.74) is 0. The van der Waals surface area contributed by atoms with Gasteiger partial charge in [0.2, 0.25) is 5.91 Å². The van der Waals surface area contributed by atoms with Crippen LogP contribution in [0.4, 0.5) is 0 Å². The average Bonchev–Trinajstić information content (AvgIpc) is 3.00. The SMILES string of the molecule is CCC(C)NC(=O)CSc1nnc(C(C)Oc2cccc(OC)c2)n1C. The first-order valence-corrected chi connectivity index (χ1v) is 9.55. The largest absolute Gasteiger partial charge is 0.497 e. The number of carbonyl (C=O) groups excluding carboxylic acids is 1. The molecule has 0 saturated carbocycles. The van der Waals surface area contributed by atoms with Crippen LogP contribution in [0.15, 0.2) is 29.4 Å². The Morgan fingerprint density at radius 1 is 1.31 bits per heavy atom. The molecule has 0 spiro atoms. The normalized spacial score (nSPS) is 13.1. The molecule has 1 aromatic carbocycles. The van der Waals surface area contributed by atoms with Crippen LogP contribution < -0.4 is 14.8 Å². The van der Waals surface area contributed by atoms with Crippen LogP contribution in [0.5, 0.6) is 11.5 Å². The monoisotopic (exact) mass is 378 g/mol. The Hall–Kier alpha value is -2.22. The molecule has 1 aromatic heterocycles. The number of rotatable bonds is 9. The number of methoxy groups -OCH3 is 1. The molecule has 0 fully saturated rings. The minimum Gasteiger partial charge on any atom is -0.497 e. The van der Waals surface area contributed by atoms with Crippen molar-refractivity contribution in [1.29, 1.82) is 0 Å². The number of benzene rings is 1. The maximum atomic E-state index is 11.9. The average molecular weight is 378 g/mol. The van der Waals surface area contributed by atoms with Crippen LogP contribution >= 0.6 is 11.8 Å². The Morgan fingerprint density at radius 3 is 2.73 bits per heavy atom. The van der Waals surface area contributed by atoms with Gasteiger partial charge in [-0.15, -0.1) is 10.2 Å². The van der Waals surface area contributed by atoms with Gasteiger partial charge in [-0.2, -0.15) is 0 Å². The van der Waals surface area contributed by atoms with Gasteiger partial charge < -0.3 is 19.4 Å². The van der Waals surface area contributed by atoms with Crippen LogP contribution in [-0.2, 0) is 11.8 Å². The van der Waals surface area contributed by atoms with E-state index in [1.54, 1.807) is 7.11 Å². The fourth-order valence-electron chi connectivity index (χ4n) is 2.29. The molecule has 142 valence electrons. The minimum atomic E-state index is -0.289. The van der Waals surface area contributed by atoms with Crippen molar-refractivity contribution in [3.05, 3.63) is 30.1 Å². The van der Waals surface area contributed by atoms with E-state index in [2.05, 4.69) is 15.5 Å². The molecule has 0 aliphatic rings. The molecule has 1 amide bonds. The number of ether oxygens (including phenoxy) is 2. The van der Waals surface area contributed by atoms with Crippen molar-refractivity contribution in [2.75, 3.05) is 12.9 Å². The summed E-state index contributed by atoms with van der Waals surface area (Å²) in [5.74, 6) is 2.42. The number of nitrogens with one attached hydrogen (secondary N) is 1. The molecular weight excluding hydrogens is 352 g/mol.